The summed E-state index contributed by atoms with van der Waals surface area (Å²) in [5, 5.41) is 5.55. The van der Waals surface area contributed by atoms with Gasteiger partial charge in [-0.2, -0.15) is 0 Å². The molecule has 0 aromatic carbocycles. The monoisotopic (exact) mass is 513 g/mol. The molecule has 2 aromatic rings. The lowest BCUT2D eigenvalue weighted by Crippen LogP contribution is -2.43. The number of anilines is 1. The molecular formula is C21H36N7O6P. The zero-order valence-corrected chi connectivity index (χ0v) is 21.9. The Morgan fingerprint density at radius 1 is 1.09 bits per heavy atom. The molecular weight excluding hydrogens is 477 g/mol. The van der Waals surface area contributed by atoms with Crippen molar-refractivity contribution in [3.63, 3.8) is 0 Å². The van der Waals surface area contributed by atoms with Crippen molar-refractivity contribution in [3.05, 3.63) is 12.7 Å². The van der Waals surface area contributed by atoms with Gasteiger partial charge in [0.05, 0.1) is 31.7 Å². The summed E-state index contributed by atoms with van der Waals surface area (Å²) < 4.78 is 31.7. The first-order chi connectivity index (χ1) is 16.5. The Labute approximate surface area is 205 Å². The second kappa shape index (κ2) is 12.9. The second-order valence-electron chi connectivity index (χ2n) is 8.53. The van der Waals surface area contributed by atoms with Crippen molar-refractivity contribution in [1.29, 1.82) is 0 Å². The smallest absolute Gasteiger partial charge is 0.323 e. The van der Waals surface area contributed by atoms with Crippen LogP contribution in [0.5, 0.6) is 0 Å². The number of hydrogen-bond donors (Lipinski definition) is 3. The van der Waals surface area contributed by atoms with E-state index in [0.29, 0.717) is 24.1 Å². The van der Waals surface area contributed by atoms with E-state index >= 15 is 0 Å². The van der Waals surface area contributed by atoms with E-state index in [1.54, 1.807) is 31.7 Å². The van der Waals surface area contributed by atoms with Gasteiger partial charge >= 0.3 is 11.9 Å². The summed E-state index contributed by atoms with van der Waals surface area (Å²) in [7, 11) is -3.61. The Hall–Kier alpha value is -2.60. The lowest BCUT2D eigenvalue weighted by atomic mass is 10.4. The van der Waals surface area contributed by atoms with Gasteiger partial charge in [0.1, 0.15) is 30.3 Å². The maximum Gasteiger partial charge on any atom is 0.323 e. The van der Waals surface area contributed by atoms with Crippen LogP contribution in [0.1, 0.15) is 48.0 Å². The Morgan fingerprint density at radius 3 is 2.37 bits per heavy atom. The van der Waals surface area contributed by atoms with Crippen LogP contribution in [-0.2, 0) is 34.9 Å². The third kappa shape index (κ3) is 8.53. The zero-order valence-electron chi connectivity index (χ0n) is 21.1. The highest BCUT2D eigenvalue weighted by molar-refractivity contribution is 7.59. The van der Waals surface area contributed by atoms with Gasteiger partial charge in [0, 0.05) is 0 Å². The van der Waals surface area contributed by atoms with Crippen LogP contribution in [0.25, 0.3) is 11.2 Å². The molecule has 0 saturated heterocycles. The summed E-state index contributed by atoms with van der Waals surface area (Å²) in [5.41, 5.74) is 6.85. The summed E-state index contributed by atoms with van der Waals surface area (Å²) in [6, 6.07) is -1.81. The number of imidazole rings is 1. The normalized spacial score (nSPS) is 16.0. The standard InChI is InChI=1S/C21H36N7O6P/c1-7-8-32-20(29)15(5)26-35(31,27-16(6)21(30)34-13(2)3)12-33-14(4)9-28-11-25-17-18(22)23-10-24-19(17)28/h10-11,13-16H,7-9,12H2,1-6H3,(H2,22,23,24)(H2,26,27,31)/t14-,15-,16+,35-/m1/s1. The number of aromatic nitrogens is 4. The van der Waals surface area contributed by atoms with E-state index in [0.717, 1.165) is 0 Å². The molecule has 2 rings (SSSR count). The summed E-state index contributed by atoms with van der Waals surface area (Å²) in [6.45, 7) is 10.8. The number of carbonyl (C=O) groups excluding carboxylic acids is 2. The quantitative estimate of drug-likeness (QED) is 0.247. The first-order valence-corrected chi connectivity index (χ1v) is 13.4. The molecule has 0 aliphatic carbocycles. The lowest BCUT2D eigenvalue weighted by molar-refractivity contribution is -0.149. The predicted octanol–water partition coefficient (Wildman–Crippen LogP) is 1.83. The lowest BCUT2D eigenvalue weighted by Gasteiger charge is -2.27. The Balaban J connectivity index is 2.10. The molecule has 0 amide bonds. The summed E-state index contributed by atoms with van der Waals surface area (Å²) in [6.07, 6.45) is 2.51. The fourth-order valence-electron chi connectivity index (χ4n) is 3.10. The average Bonchev–Trinajstić information content (AvgIpc) is 3.19. The van der Waals surface area contributed by atoms with Crippen molar-refractivity contribution < 1.29 is 28.4 Å². The third-order valence-electron chi connectivity index (χ3n) is 4.74. The highest BCUT2D eigenvalue weighted by Gasteiger charge is 2.33. The molecule has 13 nitrogen and oxygen atoms in total. The molecule has 0 unspecified atom stereocenters. The number of hydrogen-bond acceptors (Lipinski definition) is 10. The first-order valence-electron chi connectivity index (χ1n) is 11.5. The molecule has 14 heteroatoms. The van der Waals surface area contributed by atoms with Crippen LogP contribution in [0.15, 0.2) is 12.7 Å². The fourth-order valence-corrected chi connectivity index (χ4v) is 5.25. The highest BCUT2D eigenvalue weighted by Crippen LogP contribution is 2.38. The van der Waals surface area contributed by atoms with E-state index < -0.39 is 37.6 Å². The van der Waals surface area contributed by atoms with Crippen molar-refractivity contribution in [2.75, 3.05) is 18.7 Å². The van der Waals surface area contributed by atoms with E-state index in [1.807, 2.05) is 6.92 Å². The van der Waals surface area contributed by atoms with E-state index in [9.17, 15) is 14.2 Å². The molecule has 0 bridgehead atoms. The van der Waals surface area contributed by atoms with Crippen molar-refractivity contribution >= 4 is 36.4 Å². The molecule has 0 radical (unpaired) electrons. The van der Waals surface area contributed by atoms with E-state index in [1.165, 1.54) is 20.2 Å². The molecule has 4 atom stereocenters. The third-order valence-corrected chi connectivity index (χ3v) is 6.86. The summed E-state index contributed by atoms with van der Waals surface area (Å²) in [5.74, 6) is -0.855. The number of nitrogen functional groups attached to an aromatic ring is 1. The van der Waals surface area contributed by atoms with Gasteiger partial charge in [-0.05, 0) is 41.0 Å². The maximum absolute atomic E-state index is 13.7. The predicted molar refractivity (Wildman–Crippen MR) is 130 cm³/mol. The van der Waals surface area contributed by atoms with Gasteiger partial charge in [-0.3, -0.25) is 14.2 Å². The van der Waals surface area contributed by atoms with Crippen molar-refractivity contribution in [1.82, 2.24) is 29.7 Å². The van der Waals surface area contributed by atoms with E-state index in [2.05, 4.69) is 25.1 Å². The maximum atomic E-state index is 13.7. The number of fused-ring (bicyclic) bond motifs is 1. The van der Waals surface area contributed by atoms with Gasteiger partial charge in [-0.25, -0.2) is 25.1 Å². The largest absolute Gasteiger partial charge is 0.465 e. The molecule has 35 heavy (non-hydrogen) atoms. The molecule has 0 saturated carbocycles. The Morgan fingerprint density at radius 2 is 1.74 bits per heavy atom. The SMILES string of the molecule is CCCOC(=O)[C@@H](C)N[P@](=O)(CO[C@H](C)Cn1cnc2c(N)ncnc21)N[C@@H](C)C(=O)OC(C)C. The second-order valence-corrected chi connectivity index (χ2v) is 10.8. The number of esters is 2. The van der Waals surface area contributed by atoms with Crippen LogP contribution >= 0.6 is 7.44 Å². The molecule has 0 aliphatic heterocycles. The van der Waals surface area contributed by atoms with Gasteiger partial charge in [0.2, 0.25) is 7.44 Å². The van der Waals surface area contributed by atoms with Gasteiger partial charge in [0.25, 0.3) is 0 Å². The molecule has 2 heterocycles. The van der Waals surface area contributed by atoms with Gasteiger partial charge in [-0.15, -0.1) is 0 Å². The number of carbonyl (C=O) groups is 2. The minimum absolute atomic E-state index is 0.250. The van der Waals surface area contributed by atoms with Crippen LogP contribution in [0.3, 0.4) is 0 Å². The van der Waals surface area contributed by atoms with Gasteiger partial charge < -0.3 is 24.5 Å². The minimum atomic E-state index is -3.61. The van der Waals surface area contributed by atoms with Crippen LogP contribution in [0, 0.1) is 0 Å². The van der Waals surface area contributed by atoms with Crippen LogP contribution in [0.2, 0.25) is 0 Å². The van der Waals surface area contributed by atoms with Gasteiger partial charge in [0.15, 0.2) is 11.5 Å². The van der Waals surface area contributed by atoms with Crippen LogP contribution in [-0.4, -0.2) is 68.7 Å². The van der Waals surface area contributed by atoms with E-state index in [4.69, 9.17) is 19.9 Å². The zero-order chi connectivity index (χ0) is 26.2. The molecule has 0 fully saturated rings. The molecule has 0 aliphatic rings. The molecule has 196 valence electrons. The molecule has 4 N–H and O–H groups in total. The van der Waals surface area contributed by atoms with Crippen LogP contribution in [0.4, 0.5) is 5.82 Å². The number of nitrogens with two attached hydrogens (primary N) is 1. The minimum Gasteiger partial charge on any atom is -0.465 e. The number of ether oxygens (including phenoxy) is 3. The van der Waals surface area contributed by atoms with Gasteiger partial charge in [-0.1, -0.05) is 6.92 Å². The number of nitrogens with one attached hydrogen (secondary N) is 2. The van der Waals surface area contributed by atoms with E-state index in [-0.39, 0.29) is 24.9 Å². The molecule has 0 spiro atoms. The average molecular weight is 514 g/mol. The van der Waals surface area contributed by atoms with Crippen LogP contribution < -0.4 is 15.9 Å². The Kier molecular flexibility index (Phi) is 10.6. The highest BCUT2D eigenvalue weighted by atomic mass is 31.2. The first kappa shape index (κ1) is 28.6. The topological polar surface area (TPSA) is 173 Å². The molecule has 2 aromatic heterocycles. The number of nitrogens with zero attached hydrogens (tertiary/aromatic N) is 4. The van der Waals surface area contributed by atoms with Crippen molar-refractivity contribution in [2.45, 2.75) is 78.8 Å². The fraction of sp³-hybridized carbons (Fsp3) is 0.667. The van der Waals surface area contributed by atoms with Crippen molar-refractivity contribution in [2.24, 2.45) is 0 Å². The number of rotatable bonds is 14. The summed E-state index contributed by atoms with van der Waals surface area (Å²) >= 11 is 0. The van der Waals surface area contributed by atoms with Crippen molar-refractivity contribution in [3.8, 4) is 0 Å². The Bertz CT molecular complexity index is 1050. The summed E-state index contributed by atoms with van der Waals surface area (Å²) in [4.78, 5) is 36.9.